The van der Waals surface area contributed by atoms with Crippen molar-refractivity contribution in [2.75, 3.05) is 6.61 Å². The van der Waals surface area contributed by atoms with Gasteiger partial charge in [0.1, 0.15) is 0 Å². The molecule has 0 saturated heterocycles. The first kappa shape index (κ1) is 25.2. The largest absolute Gasteiger partial charge is 0.417 e. The van der Waals surface area contributed by atoms with E-state index >= 15 is 0 Å². The number of unbranched alkanes of at least 4 members (excludes halogenated alkanes) is 10. The van der Waals surface area contributed by atoms with Crippen LogP contribution in [0.25, 0.3) is 0 Å². The molecule has 0 N–H and O–H groups in total. The molecule has 0 aliphatic heterocycles. The van der Waals surface area contributed by atoms with Gasteiger partial charge in [0.25, 0.3) is 0 Å². The van der Waals surface area contributed by atoms with Gasteiger partial charge in [-0.15, -0.1) is 0 Å². The highest BCUT2D eigenvalue weighted by Gasteiger charge is 2.36. The van der Waals surface area contributed by atoms with E-state index in [4.69, 9.17) is 4.43 Å². The van der Waals surface area contributed by atoms with Crippen molar-refractivity contribution in [1.29, 1.82) is 0 Å². The molecule has 0 spiro atoms. The van der Waals surface area contributed by atoms with Crippen LogP contribution in [0.1, 0.15) is 118 Å². The standard InChI is InChI=1S/C23H50OSi/c1-8-22(2)20-18-16-14-12-10-9-11-13-15-17-19-21-24-25(6,7)23(3,4)5/h22H,8-21H2,1-7H3. The number of hydrogen-bond donors (Lipinski definition) is 0. The first-order valence-electron chi connectivity index (χ1n) is 11.3. The van der Waals surface area contributed by atoms with Crippen molar-refractivity contribution < 1.29 is 4.43 Å². The van der Waals surface area contributed by atoms with Gasteiger partial charge in [0.2, 0.25) is 0 Å². The molecule has 2 heteroatoms. The third-order valence-electron chi connectivity index (χ3n) is 6.31. The van der Waals surface area contributed by atoms with Crippen LogP contribution in [0, 0.1) is 5.92 Å². The van der Waals surface area contributed by atoms with E-state index in [9.17, 15) is 0 Å². The van der Waals surface area contributed by atoms with Gasteiger partial charge in [-0.2, -0.15) is 0 Å². The van der Waals surface area contributed by atoms with Crippen LogP contribution in [0.5, 0.6) is 0 Å². The van der Waals surface area contributed by atoms with Crippen molar-refractivity contribution in [1.82, 2.24) is 0 Å². The Morgan fingerprint density at radius 2 is 1.12 bits per heavy atom. The molecular weight excluding hydrogens is 320 g/mol. The maximum Gasteiger partial charge on any atom is 0.191 e. The molecule has 1 atom stereocenters. The average Bonchev–Trinajstić information content (AvgIpc) is 2.53. The van der Waals surface area contributed by atoms with Gasteiger partial charge in [0, 0.05) is 6.61 Å². The van der Waals surface area contributed by atoms with E-state index in [1.807, 2.05) is 0 Å². The molecule has 1 unspecified atom stereocenters. The van der Waals surface area contributed by atoms with Gasteiger partial charge >= 0.3 is 0 Å². The molecule has 0 aromatic carbocycles. The SMILES string of the molecule is CCC(C)CCCCCCCCCCCCCO[Si](C)(C)C(C)(C)C. The molecule has 152 valence electrons. The lowest BCUT2D eigenvalue weighted by molar-refractivity contribution is 0.277. The summed E-state index contributed by atoms with van der Waals surface area (Å²) in [7, 11) is -1.51. The topological polar surface area (TPSA) is 9.23 Å². The fourth-order valence-electron chi connectivity index (χ4n) is 2.93. The third kappa shape index (κ3) is 14.0. The fraction of sp³-hybridized carbons (Fsp3) is 1.00. The van der Waals surface area contributed by atoms with Crippen LogP contribution in [0.2, 0.25) is 18.1 Å². The van der Waals surface area contributed by atoms with Gasteiger partial charge < -0.3 is 4.43 Å². The molecule has 0 saturated carbocycles. The Labute approximate surface area is 161 Å². The molecule has 0 aromatic heterocycles. The van der Waals surface area contributed by atoms with E-state index in [2.05, 4.69) is 47.7 Å². The van der Waals surface area contributed by atoms with Crippen molar-refractivity contribution >= 4 is 8.32 Å². The summed E-state index contributed by atoms with van der Waals surface area (Å²) in [5.41, 5.74) is 0. The van der Waals surface area contributed by atoms with Gasteiger partial charge in [-0.3, -0.25) is 0 Å². The zero-order chi connectivity index (χ0) is 19.2. The van der Waals surface area contributed by atoms with Gasteiger partial charge in [-0.1, -0.05) is 112 Å². The molecule has 0 aliphatic carbocycles. The second-order valence-electron chi connectivity index (χ2n) is 9.80. The summed E-state index contributed by atoms with van der Waals surface area (Å²) in [5.74, 6) is 0.937. The Morgan fingerprint density at radius 3 is 1.52 bits per heavy atom. The predicted octanol–water partition coefficient (Wildman–Crippen LogP) is 8.74. The van der Waals surface area contributed by atoms with Crippen LogP contribution in [0.3, 0.4) is 0 Å². The molecule has 25 heavy (non-hydrogen) atoms. The van der Waals surface area contributed by atoms with Gasteiger partial charge in [0.05, 0.1) is 0 Å². The third-order valence-corrected chi connectivity index (χ3v) is 10.8. The monoisotopic (exact) mass is 370 g/mol. The number of hydrogen-bond acceptors (Lipinski definition) is 1. The lowest BCUT2D eigenvalue weighted by Gasteiger charge is -2.36. The Morgan fingerprint density at radius 1 is 0.720 bits per heavy atom. The minimum Gasteiger partial charge on any atom is -0.417 e. The lowest BCUT2D eigenvalue weighted by atomic mass is 9.99. The molecule has 0 fully saturated rings. The van der Waals surface area contributed by atoms with E-state index in [0.717, 1.165) is 12.5 Å². The Bertz CT molecular complexity index is 293. The highest BCUT2D eigenvalue weighted by Crippen LogP contribution is 2.36. The van der Waals surface area contributed by atoms with Crippen molar-refractivity contribution in [2.45, 2.75) is 136 Å². The molecule has 0 aliphatic rings. The maximum absolute atomic E-state index is 6.25. The van der Waals surface area contributed by atoms with E-state index in [0.29, 0.717) is 5.04 Å². The second kappa shape index (κ2) is 14.3. The molecule has 1 nitrogen and oxygen atoms in total. The summed E-state index contributed by atoms with van der Waals surface area (Å²) in [6.45, 7) is 17.4. The molecule has 0 amide bonds. The Hall–Kier alpha value is 0.177. The van der Waals surface area contributed by atoms with E-state index in [1.54, 1.807) is 0 Å². The van der Waals surface area contributed by atoms with E-state index < -0.39 is 8.32 Å². The highest BCUT2D eigenvalue weighted by molar-refractivity contribution is 6.74. The summed E-state index contributed by atoms with van der Waals surface area (Å²) in [6, 6.07) is 0. The molecule has 0 heterocycles. The Balaban J connectivity index is 3.27. The summed E-state index contributed by atoms with van der Waals surface area (Å²) in [6.07, 6.45) is 18.4. The molecule has 0 rings (SSSR count). The van der Waals surface area contributed by atoms with Gasteiger partial charge in [-0.25, -0.2) is 0 Å². The van der Waals surface area contributed by atoms with Crippen LogP contribution in [0.4, 0.5) is 0 Å². The van der Waals surface area contributed by atoms with Crippen LogP contribution in [-0.2, 0) is 4.43 Å². The van der Waals surface area contributed by atoms with Crippen molar-refractivity contribution in [3.8, 4) is 0 Å². The summed E-state index contributed by atoms with van der Waals surface area (Å²) >= 11 is 0. The zero-order valence-electron chi connectivity index (χ0n) is 18.9. The van der Waals surface area contributed by atoms with E-state index in [1.165, 1.54) is 83.5 Å². The normalized spacial score (nSPS) is 14.0. The summed E-state index contributed by atoms with van der Waals surface area (Å²) in [5, 5.41) is 0.348. The minimum absolute atomic E-state index is 0.348. The quantitative estimate of drug-likeness (QED) is 0.195. The van der Waals surface area contributed by atoms with Crippen molar-refractivity contribution in [2.24, 2.45) is 5.92 Å². The molecule has 0 radical (unpaired) electrons. The summed E-state index contributed by atoms with van der Waals surface area (Å²) in [4.78, 5) is 0. The average molecular weight is 371 g/mol. The first-order chi connectivity index (χ1) is 11.7. The van der Waals surface area contributed by atoms with Crippen LogP contribution in [0.15, 0.2) is 0 Å². The van der Waals surface area contributed by atoms with Crippen molar-refractivity contribution in [3.63, 3.8) is 0 Å². The number of rotatable bonds is 16. The smallest absolute Gasteiger partial charge is 0.191 e. The molecule has 0 bridgehead atoms. The van der Waals surface area contributed by atoms with E-state index in [-0.39, 0.29) is 0 Å². The van der Waals surface area contributed by atoms with Crippen molar-refractivity contribution in [3.05, 3.63) is 0 Å². The minimum atomic E-state index is -1.51. The lowest BCUT2D eigenvalue weighted by Crippen LogP contribution is -2.40. The molecular formula is C23H50OSi. The van der Waals surface area contributed by atoms with Crippen LogP contribution >= 0.6 is 0 Å². The first-order valence-corrected chi connectivity index (χ1v) is 14.3. The second-order valence-corrected chi connectivity index (χ2v) is 14.6. The van der Waals surface area contributed by atoms with Gasteiger partial charge in [-0.05, 0) is 30.5 Å². The predicted molar refractivity (Wildman–Crippen MR) is 118 cm³/mol. The molecule has 0 aromatic rings. The van der Waals surface area contributed by atoms with Gasteiger partial charge in [0.15, 0.2) is 8.32 Å². The fourth-order valence-corrected chi connectivity index (χ4v) is 4.02. The Kier molecular flexibility index (Phi) is 14.4. The zero-order valence-corrected chi connectivity index (χ0v) is 19.9. The van der Waals surface area contributed by atoms with Crippen LogP contribution in [-0.4, -0.2) is 14.9 Å². The highest BCUT2D eigenvalue weighted by atomic mass is 28.4. The summed E-state index contributed by atoms with van der Waals surface area (Å²) < 4.78 is 6.25. The maximum atomic E-state index is 6.25. The van der Waals surface area contributed by atoms with Crippen LogP contribution < -0.4 is 0 Å².